The van der Waals surface area contributed by atoms with Crippen molar-refractivity contribution in [3.05, 3.63) is 58.7 Å². The summed E-state index contributed by atoms with van der Waals surface area (Å²) in [5.41, 5.74) is 3.18. The van der Waals surface area contributed by atoms with E-state index in [1.807, 2.05) is 32.0 Å². The molecular weight excluding hydrogens is 354 g/mol. The number of rotatable bonds is 5. The van der Waals surface area contributed by atoms with Crippen molar-refractivity contribution < 1.29 is 22.7 Å². The lowest BCUT2D eigenvalue weighted by Gasteiger charge is -2.12. The number of aryl methyl sites for hydroxylation is 3. The first-order valence-corrected chi connectivity index (χ1v) is 9.82. The fourth-order valence-electron chi connectivity index (χ4n) is 2.45. The van der Waals surface area contributed by atoms with E-state index in [-0.39, 0.29) is 10.5 Å². The van der Waals surface area contributed by atoms with Gasteiger partial charge in [-0.2, -0.15) is 0 Å². The number of anilines is 1. The van der Waals surface area contributed by atoms with Crippen LogP contribution < -0.4 is 5.32 Å². The minimum Gasteiger partial charge on any atom is -0.452 e. The van der Waals surface area contributed by atoms with Gasteiger partial charge in [-0.1, -0.05) is 24.3 Å². The summed E-state index contributed by atoms with van der Waals surface area (Å²) in [6.07, 6.45) is 1.06. The van der Waals surface area contributed by atoms with E-state index in [0.717, 1.165) is 17.4 Å². The van der Waals surface area contributed by atoms with E-state index in [2.05, 4.69) is 5.32 Å². The molecule has 0 saturated carbocycles. The van der Waals surface area contributed by atoms with Gasteiger partial charge in [-0.05, 0) is 49.6 Å². The third-order valence-corrected chi connectivity index (χ3v) is 5.05. The van der Waals surface area contributed by atoms with Gasteiger partial charge in [0.15, 0.2) is 16.4 Å². The highest BCUT2D eigenvalue weighted by Gasteiger charge is 2.17. The molecule has 0 saturated heterocycles. The van der Waals surface area contributed by atoms with Crippen molar-refractivity contribution in [2.45, 2.75) is 25.7 Å². The zero-order valence-corrected chi connectivity index (χ0v) is 15.9. The van der Waals surface area contributed by atoms with Crippen LogP contribution in [0.3, 0.4) is 0 Å². The maximum Gasteiger partial charge on any atom is 0.338 e. The van der Waals surface area contributed by atoms with Gasteiger partial charge >= 0.3 is 5.97 Å². The summed E-state index contributed by atoms with van der Waals surface area (Å²) in [7, 11) is -3.44. The molecule has 0 radical (unpaired) electrons. The average Bonchev–Trinajstić information content (AvgIpc) is 2.55. The highest BCUT2D eigenvalue weighted by atomic mass is 32.2. The van der Waals surface area contributed by atoms with Gasteiger partial charge in [-0.15, -0.1) is 0 Å². The minimum absolute atomic E-state index is 0.0232. The average molecular weight is 375 g/mol. The Balaban J connectivity index is 2.08. The van der Waals surface area contributed by atoms with Crippen LogP contribution in [0.2, 0.25) is 0 Å². The van der Waals surface area contributed by atoms with Crippen LogP contribution in [0.5, 0.6) is 0 Å². The standard InChI is InChI=1S/C19H21NO5S/c1-12-8-9-15(26(4,23)24)10-16(12)19(22)25-11-17(21)20-18-13(2)6-5-7-14(18)3/h5-10H,11H2,1-4H3,(H,20,21). The molecular formula is C19H21NO5S. The van der Waals surface area contributed by atoms with Gasteiger partial charge < -0.3 is 10.1 Å². The van der Waals surface area contributed by atoms with Crippen molar-refractivity contribution in [3.8, 4) is 0 Å². The molecule has 1 N–H and O–H groups in total. The summed E-state index contributed by atoms with van der Waals surface area (Å²) in [6, 6.07) is 9.84. The smallest absolute Gasteiger partial charge is 0.338 e. The Hall–Kier alpha value is -2.67. The second-order valence-electron chi connectivity index (χ2n) is 6.14. The number of hydrogen-bond donors (Lipinski definition) is 1. The molecule has 0 fully saturated rings. The van der Waals surface area contributed by atoms with E-state index < -0.39 is 28.3 Å². The molecule has 0 aliphatic carbocycles. The van der Waals surface area contributed by atoms with Crippen LogP contribution in [0.15, 0.2) is 41.3 Å². The number of amides is 1. The van der Waals surface area contributed by atoms with E-state index >= 15 is 0 Å². The van der Waals surface area contributed by atoms with Crippen LogP contribution in [0.1, 0.15) is 27.0 Å². The van der Waals surface area contributed by atoms with Crippen LogP contribution >= 0.6 is 0 Å². The monoisotopic (exact) mass is 375 g/mol. The van der Waals surface area contributed by atoms with Gasteiger partial charge in [0, 0.05) is 11.9 Å². The third kappa shape index (κ3) is 4.70. The van der Waals surface area contributed by atoms with Gasteiger partial charge in [-0.3, -0.25) is 4.79 Å². The second-order valence-corrected chi connectivity index (χ2v) is 8.16. The molecule has 0 spiro atoms. The summed E-state index contributed by atoms with van der Waals surface area (Å²) in [5, 5.41) is 2.72. The normalized spacial score (nSPS) is 11.1. The Kier molecular flexibility index (Phi) is 5.82. The minimum atomic E-state index is -3.44. The first kappa shape index (κ1) is 19.7. The van der Waals surface area contributed by atoms with Crippen LogP contribution in [0.25, 0.3) is 0 Å². The number of para-hydroxylation sites is 1. The number of carbonyl (C=O) groups is 2. The summed E-state index contributed by atoms with van der Waals surface area (Å²) in [5.74, 6) is -1.21. The predicted octanol–water partition coefficient (Wildman–Crippen LogP) is 2.81. The predicted molar refractivity (Wildman–Crippen MR) is 99.1 cm³/mol. The number of nitrogens with one attached hydrogen (secondary N) is 1. The molecule has 0 aliphatic heterocycles. The Morgan fingerprint density at radius 1 is 1.00 bits per heavy atom. The zero-order valence-electron chi connectivity index (χ0n) is 15.1. The lowest BCUT2D eigenvalue weighted by molar-refractivity contribution is -0.119. The highest BCUT2D eigenvalue weighted by molar-refractivity contribution is 7.90. The number of benzene rings is 2. The largest absolute Gasteiger partial charge is 0.452 e. The molecule has 26 heavy (non-hydrogen) atoms. The Bertz CT molecular complexity index is 944. The molecule has 138 valence electrons. The quantitative estimate of drug-likeness (QED) is 0.812. The molecule has 0 unspecified atom stereocenters. The molecule has 2 aromatic rings. The summed E-state index contributed by atoms with van der Waals surface area (Å²) in [4.78, 5) is 24.3. The van der Waals surface area contributed by atoms with Gasteiger partial charge in [0.05, 0.1) is 10.5 Å². The molecule has 1 amide bonds. The van der Waals surface area contributed by atoms with E-state index in [1.165, 1.54) is 18.2 Å². The van der Waals surface area contributed by atoms with Crippen molar-refractivity contribution in [2.24, 2.45) is 0 Å². The molecule has 7 heteroatoms. The van der Waals surface area contributed by atoms with Gasteiger partial charge in [0.1, 0.15) is 0 Å². The Labute approximate surface area is 153 Å². The fraction of sp³-hybridized carbons (Fsp3) is 0.263. The molecule has 0 bridgehead atoms. The SMILES string of the molecule is Cc1ccc(S(C)(=O)=O)cc1C(=O)OCC(=O)Nc1c(C)cccc1C. The van der Waals surface area contributed by atoms with Crippen LogP contribution in [-0.4, -0.2) is 33.2 Å². The lowest BCUT2D eigenvalue weighted by atomic mass is 10.1. The molecule has 2 rings (SSSR count). The molecule has 2 aromatic carbocycles. The molecule has 6 nitrogen and oxygen atoms in total. The van der Waals surface area contributed by atoms with E-state index in [9.17, 15) is 18.0 Å². The van der Waals surface area contributed by atoms with E-state index in [4.69, 9.17) is 4.74 Å². The van der Waals surface area contributed by atoms with Crippen LogP contribution in [0, 0.1) is 20.8 Å². The second kappa shape index (κ2) is 7.70. The van der Waals surface area contributed by atoms with Crippen molar-refractivity contribution in [1.82, 2.24) is 0 Å². The summed E-state index contributed by atoms with van der Waals surface area (Å²) >= 11 is 0. The maximum atomic E-state index is 12.2. The van der Waals surface area contributed by atoms with Gasteiger partial charge in [0.25, 0.3) is 5.91 Å². The van der Waals surface area contributed by atoms with E-state index in [0.29, 0.717) is 11.3 Å². The Morgan fingerprint density at radius 2 is 1.62 bits per heavy atom. The number of carbonyl (C=O) groups excluding carboxylic acids is 2. The number of hydrogen-bond acceptors (Lipinski definition) is 5. The number of esters is 1. The number of sulfone groups is 1. The first-order chi connectivity index (χ1) is 12.1. The van der Waals surface area contributed by atoms with Gasteiger partial charge in [0.2, 0.25) is 0 Å². The van der Waals surface area contributed by atoms with E-state index in [1.54, 1.807) is 6.92 Å². The topological polar surface area (TPSA) is 89.5 Å². The Morgan fingerprint density at radius 3 is 2.19 bits per heavy atom. The van der Waals surface area contributed by atoms with Crippen molar-refractivity contribution >= 4 is 27.4 Å². The number of ether oxygens (including phenoxy) is 1. The summed E-state index contributed by atoms with van der Waals surface area (Å²) in [6.45, 7) is 4.94. The van der Waals surface area contributed by atoms with Crippen molar-refractivity contribution in [2.75, 3.05) is 18.2 Å². The molecule has 0 aliphatic rings. The van der Waals surface area contributed by atoms with Crippen molar-refractivity contribution in [3.63, 3.8) is 0 Å². The van der Waals surface area contributed by atoms with Gasteiger partial charge in [-0.25, -0.2) is 13.2 Å². The molecule has 0 heterocycles. The molecule has 0 aromatic heterocycles. The lowest BCUT2D eigenvalue weighted by Crippen LogP contribution is -2.22. The molecule has 0 atom stereocenters. The highest BCUT2D eigenvalue weighted by Crippen LogP contribution is 2.20. The third-order valence-electron chi connectivity index (χ3n) is 3.94. The maximum absolute atomic E-state index is 12.2. The summed E-state index contributed by atoms with van der Waals surface area (Å²) < 4.78 is 28.3. The van der Waals surface area contributed by atoms with Crippen molar-refractivity contribution in [1.29, 1.82) is 0 Å². The van der Waals surface area contributed by atoms with Crippen LogP contribution in [-0.2, 0) is 19.4 Å². The van der Waals surface area contributed by atoms with Crippen LogP contribution in [0.4, 0.5) is 5.69 Å². The zero-order chi connectivity index (χ0) is 19.5. The first-order valence-electron chi connectivity index (χ1n) is 7.93. The fourth-order valence-corrected chi connectivity index (χ4v) is 3.09.